The highest BCUT2D eigenvalue weighted by molar-refractivity contribution is 5.92. The fourth-order valence-electron chi connectivity index (χ4n) is 2.54. The average Bonchev–Trinajstić information content (AvgIpc) is 2.90. The Morgan fingerprint density at radius 3 is 2.68 bits per heavy atom. The van der Waals surface area contributed by atoms with Crippen LogP contribution in [0.25, 0.3) is 16.6 Å². The molecule has 4 heteroatoms. The summed E-state index contributed by atoms with van der Waals surface area (Å²) in [5.41, 5.74) is 3.94. The first kappa shape index (κ1) is 14.3. The van der Waals surface area contributed by atoms with E-state index in [1.54, 1.807) is 0 Å². The van der Waals surface area contributed by atoms with Crippen LogP contribution in [0.3, 0.4) is 0 Å². The van der Waals surface area contributed by atoms with Gasteiger partial charge in [-0.25, -0.2) is 4.68 Å². The maximum Gasteiger partial charge on any atom is 0.221 e. The maximum atomic E-state index is 11.4. The molecule has 0 radical (unpaired) electrons. The van der Waals surface area contributed by atoms with Gasteiger partial charge in [-0.3, -0.25) is 4.79 Å². The van der Waals surface area contributed by atoms with E-state index < -0.39 is 0 Å². The number of anilines is 1. The number of amides is 1. The van der Waals surface area contributed by atoms with Crippen LogP contribution in [0.2, 0.25) is 0 Å². The Morgan fingerprint density at radius 2 is 1.95 bits per heavy atom. The van der Waals surface area contributed by atoms with Crippen molar-refractivity contribution >= 4 is 22.5 Å². The Hall–Kier alpha value is -2.62. The molecule has 0 aliphatic rings. The van der Waals surface area contributed by atoms with Crippen molar-refractivity contribution in [3.8, 4) is 5.69 Å². The molecule has 0 fully saturated rings. The molecular formula is C18H19N3O. The van der Waals surface area contributed by atoms with E-state index in [0.717, 1.165) is 22.3 Å². The van der Waals surface area contributed by atoms with Crippen molar-refractivity contribution in [3.05, 3.63) is 54.2 Å². The second-order valence-corrected chi connectivity index (χ2v) is 5.73. The molecule has 3 aromatic rings. The number of hydrogen-bond acceptors (Lipinski definition) is 2. The number of para-hydroxylation sites is 2. The molecule has 0 spiro atoms. The molecule has 0 aliphatic carbocycles. The minimum Gasteiger partial charge on any atom is -0.324 e. The number of carbonyl (C=O) groups is 1. The van der Waals surface area contributed by atoms with E-state index in [1.165, 1.54) is 12.5 Å². The van der Waals surface area contributed by atoms with Gasteiger partial charge in [-0.05, 0) is 29.7 Å². The number of carbonyl (C=O) groups excluding carboxylic acids is 1. The molecule has 22 heavy (non-hydrogen) atoms. The summed E-state index contributed by atoms with van der Waals surface area (Å²) in [6.45, 7) is 5.86. The first-order valence-electron chi connectivity index (χ1n) is 7.41. The van der Waals surface area contributed by atoms with Gasteiger partial charge in [0, 0.05) is 12.3 Å². The summed E-state index contributed by atoms with van der Waals surface area (Å²) in [7, 11) is 0. The summed E-state index contributed by atoms with van der Waals surface area (Å²) in [5, 5.41) is 8.45. The summed E-state index contributed by atoms with van der Waals surface area (Å²) in [5.74, 6) is 0.366. The number of nitrogens with one attached hydrogen (secondary N) is 1. The predicted molar refractivity (Wildman–Crippen MR) is 89.5 cm³/mol. The van der Waals surface area contributed by atoms with E-state index in [1.807, 2.05) is 35.1 Å². The van der Waals surface area contributed by atoms with Crippen LogP contribution in [0.5, 0.6) is 0 Å². The molecule has 0 saturated carbocycles. The van der Waals surface area contributed by atoms with Gasteiger partial charge in [0.05, 0.1) is 23.1 Å². The maximum absolute atomic E-state index is 11.4. The van der Waals surface area contributed by atoms with Crippen molar-refractivity contribution in [1.82, 2.24) is 9.78 Å². The van der Waals surface area contributed by atoms with Crippen LogP contribution >= 0.6 is 0 Å². The highest BCUT2D eigenvalue weighted by Crippen LogP contribution is 2.26. The fraction of sp³-hybridized carbons (Fsp3) is 0.222. The molecular weight excluding hydrogens is 274 g/mol. The fourth-order valence-corrected chi connectivity index (χ4v) is 2.54. The zero-order chi connectivity index (χ0) is 15.7. The van der Waals surface area contributed by atoms with Gasteiger partial charge in [-0.15, -0.1) is 0 Å². The lowest BCUT2D eigenvalue weighted by Crippen LogP contribution is -2.09. The molecule has 0 saturated heterocycles. The van der Waals surface area contributed by atoms with Gasteiger partial charge in [0.2, 0.25) is 5.91 Å². The third-order valence-electron chi connectivity index (χ3n) is 3.70. The van der Waals surface area contributed by atoms with Crippen LogP contribution in [0.1, 0.15) is 32.3 Å². The summed E-state index contributed by atoms with van der Waals surface area (Å²) in [6, 6.07) is 14.1. The topological polar surface area (TPSA) is 46.9 Å². The van der Waals surface area contributed by atoms with Gasteiger partial charge in [-0.1, -0.05) is 38.1 Å². The van der Waals surface area contributed by atoms with Crippen molar-refractivity contribution < 1.29 is 4.79 Å². The molecule has 4 nitrogen and oxygen atoms in total. The minimum atomic E-state index is -0.0909. The molecule has 112 valence electrons. The monoisotopic (exact) mass is 293 g/mol. The lowest BCUT2D eigenvalue weighted by molar-refractivity contribution is -0.114. The number of hydrogen-bond donors (Lipinski definition) is 1. The lowest BCUT2D eigenvalue weighted by atomic mass is 10.0. The van der Waals surface area contributed by atoms with Crippen LogP contribution in [0, 0.1) is 0 Å². The van der Waals surface area contributed by atoms with Crippen molar-refractivity contribution in [2.75, 3.05) is 5.32 Å². The average molecular weight is 293 g/mol. The van der Waals surface area contributed by atoms with Gasteiger partial charge < -0.3 is 5.32 Å². The molecule has 1 amide bonds. The molecule has 1 N–H and O–H groups in total. The third kappa shape index (κ3) is 2.60. The number of nitrogens with zero attached hydrogens (tertiary/aromatic N) is 2. The standard InChI is InChI=1S/C18H19N3O/c1-12(2)14-8-9-15-11-19-21(18(15)10-14)17-7-5-4-6-16(17)20-13(3)22/h4-12H,1-3H3,(H,20,22). The zero-order valence-corrected chi connectivity index (χ0v) is 13.0. The Bertz CT molecular complexity index is 833. The minimum absolute atomic E-state index is 0.0909. The quantitative estimate of drug-likeness (QED) is 0.790. The number of rotatable bonds is 3. The lowest BCUT2D eigenvalue weighted by Gasteiger charge is -2.12. The molecule has 0 bridgehead atoms. The van der Waals surface area contributed by atoms with Crippen LogP contribution in [-0.4, -0.2) is 15.7 Å². The Labute approximate surface area is 129 Å². The van der Waals surface area contributed by atoms with Crippen molar-refractivity contribution in [2.45, 2.75) is 26.7 Å². The van der Waals surface area contributed by atoms with Gasteiger partial charge in [0.1, 0.15) is 0 Å². The van der Waals surface area contributed by atoms with E-state index in [2.05, 4.69) is 42.5 Å². The Morgan fingerprint density at radius 1 is 1.18 bits per heavy atom. The number of benzene rings is 2. The second-order valence-electron chi connectivity index (χ2n) is 5.73. The van der Waals surface area contributed by atoms with Crippen LogP contribution in [0.4, 0.5) is 5.69 Å². The van der Waals surface area contributed by atoms with Gasteiger partial charge in [-0.2, -0.15) is 5.10 Å². The second kappa shape index (κ2) is 5.64. The van der Waals surface area contributed by atoms with E-state index >= 15 is 0 Å². The third-order valence-corrected chi connectivity index (χ3v) is 3.70. The SMILES string of the molecule is CC(=O)Nc1ccccc1-n1ncc2ccc(C(C)C)cc21. The molecule has 0 atom stereocenters. The molecule has 0 aliphatic heterocycles. The number of aromatic nitrogens is 2. The highest BCUT2D eigenvalue weighted by Gasteiger charge is 2.11. The van der Waals surface area contributed by atoms with Crippen molar-refractivity contribution in [2.24, 2.45) is 0 Å². The van der Waals surface area contributed by atoms with E-state index in [0.29, 0.717) is 5.92 Å². The molecule has 1 heterocycles. The zero-order valence-electron chi connectivity index (χ0n) is 13.0. The van der Waals surface area contributed by atoms with Gasteiger partial charge >= 0.3 is 0 Å². The van der Waals surface area contributed by atoms with Crippen molar-refractivity contribution in [1.29, 1.82) is 0 Å². The summed E-state index contributed by atoms with van der Waals surface area (Å²) in [6.07, 6.45) is 1.85. The number of fused-ring (bicyclic) bond motifs is 1. The van der Waals surface area contributed by atoms with Gasteiger partial charge in [0.25, 0.3) is 0 Å². The Kier molecular flexibility index (Phi) is 3.67. The van der Waals surface area contributed by atoms with Crippen molar-refractivity contribution in [3.63, 3.8) is 0 Å². The smallest absolute Gasteiger partial charge is 0.221 e. The summed E-state index contributed by atoms with van der Waals surface area (Å²) >= 11 is 0. The Balaban J connectivity index is 2.18. The van der Waals surface area contributed by atoms with Crippen LogP contribution < -0.4 is 5.32 Å². The normalized spacial score (nSPS) is 11.1. The van der Waals surface area contributed by atoms with Gasteiger partial charge in [0.15, 0.2) is 0 Å². The van der Waals surface area contributed by atoms with E-state index in [4.69, 9.17) is 0 Å². The van der Waals surface area contributed by atoms with Crippen LogP contribution in [0.15, 0.2) is 48.7 Å². The first-order valence-corrected chi connectivity index (χ1v) is 7.41. The van der Waals surface area contributed by atoms with Crippen LogP contribution in [-0.2, 0) is 4.79 Å². The molecule has 1 aromatic heterocycles. The molecule has 2 aromatic carbocycles. The molecule has 0 unspecified atom stereocenters. The summed E-state index contributed by atoms with van der Waals surface area (Å²) < 4.78 is 1.88. The summed E-state index contributed by atoms with van der Waals surface area (Å²) in [4.78, 5) is 11.4. The van der Waals surface area contributed by atoms with E-state index in [9.17, 15) is 4.79 Å². The highest BCUT2D eigenvalue weighted by atomic mass is 16.1. The largest absolute Gasteiger partial charge is 0.324 e. The first-order chi connectivity index (χ1) is 10.6. The van der Waals surface area contributed by atoms with E-state index in [-0.39, 0.29) is 5.91 Å². The predicted octanol–water partition coefficient (Wildman–Crippen LogP) is 4.11. The molecule has 3 rings (SSSR count).